The van der Waals surface area contributed by atoms with E-state index < -0.39 is 6.10 Å². The van der Waals surface area contributed by atoms with Gasteiger partial charge in [0, 0.05) is 25.2 Å². The molecule has 2 N–H and O–H groups in total. The Kier molecular flexibility index (Phi) is 5.85. The summed E-state index contributed by atoms with van der Waals surface area (Å²) < 4.78 is 11.6. The van der Waals surface area contributed by atoms with E-state index in [-0.39, 0.29) is 6.10 Å². The fourth-order valence-corrected chi connectivity index (χ4v) is 2.65. The molecule has 2 rings (SSSR count). The number of piperidine rings is 1. The molecule has 1 aliphatic heterocycles. The van der Waals surface area contributed by atoms with Crippen LogP contribution in [0.4, 0.5) is 0 Å². The van der Waals surface area contributed by atoms with Crippen LogP contribution in [0.2, 0.25) is 0 Å². The van der Waals surface area contributed by atoms with E-state index in [9.17, 15) is 5.11 Å². The van der Waals surface area contributed by atoms with Gasteiger partial charge in [-0.1, -0.05) is 12.1 Å². The number of nitrogens with one attached hydrogen (secondary N) is 1. The quantitative estimate of drug-likeness (QED) is 0.831. The van der Waals surface area contributed by atoms with E-state index in [1.165, 1.54) is 0 Å². The average Bonchev–Trinajstić information content (AvgIpc) is 2.50. The van der Waals surface area contributed by atoms with Crippen molar-refractivity contribution in [2.24, 2.45) is 0 Å². The molecular formula is C16H26N2O3. The van der Waals surface area contributed by atoms with Gasteiger partial charge in [0.1, 0.15) is 6.10 Å². The largest absolute Gasteiger partial charge is 0.493 e. The van der Waals surface area contributed by atoms with Crippen LogP contribution in [0, 0.1) is 0 Å². The lowest BCUT2D eigenvalue weighted by atomic mass is 10.1. The normalized spacial score (nSPS) is 18.5. The maximum atomic E-state index is 10.3. The van der Waals surface area contributed by atoms with Crippen molar-refractivity contribution in [2.75, 3.05) is 40.8 Å². The minimum absolute atomic E-state index is 0.179. The van der Waals surface area contributed by atoms with E-state index in [4.69, 9.17) is 9.47 Å². The molecule has 5 nitrogen and oxygen atoms in total. The van der Waals surface area contributed by atoms with Crippen LogP contribution >= 0.6 is 0 Å². The Hall–Kier alpha value is -1.30. The fourth-order valence-electron chi connectivity index (χ4n) is 2.65. The van der Waals surface area contributed by atoms with E-state index in [1.54, 1.807) is 7.11 Å². The molecule has 0 spiro atoms. The summed E-state index contributed by atoms with van der Waals surface area (Å²) in [6.45, 7) is 2.55. The number of ether oxygens (including phenoxy) is 2. The molecule has 118 valence electrons. The van der Waals surface area contributed by atoms with Crippen molar-refractivity contribution in [3.8, 4) is 11.5 Å². The van der Waals surface area contributed by atoms with Gasteiger partial charge in [-0.3, -0.25) is 0 Å². The van der Waals surface area contributed by atoms with Crippen molar-refractivity contribution < 1.29 is 14.6 Å². The number of rotatable bonds is 6. The van der Waals surface area contributed by atoms with E-state index in [1.807, 2.05) is 25.2 Å². The Balaban J connectivity index is 2.18. The molecule has 1 fully saturated rings. The molecule has 1 aromatic rings. The maximum Gasteiger partial charge on any atom is 0.167 e. The molecule has 1 aliphatic rings. The third kappa shape index (κ3) is 4.09. The lowest BCUT2D eigenvalue weighted by molar-refractivity contribution is 0.103. The Labute approximate surface area is 126 Å². The minimum Gasteiger partial charge on any atom is -0.493 e. The van der Waals surface area contributed by atoms with Crippen molar-refractivity contribution >= 4 is 0 Å². The standard InChI is InChI=1S/C16H26N2O3/c1-17-11-14(19)13-5-4-6-15(20-3)16(13)21-12-7-9-18(2)10-8-12/h4-6,12,14,17,19H,7-11H2,1-3H3. The maximum absolute atomic E-state index is 10.3. The molecule has 5 heteroatoms. The van der Waals surface area contributed by atoms with E-state index in [0.29, 0.717) is 18.0 Å². The first-order valence-corrected chi connectivity index (χ1v) is 7.50. The second-order valence-electron chi connectivity index (χ2n) is 5.57. The SMILES string of the molecule is CNCC(O)c1cccc(OC)c1OC1CCN(C)CC1. The van der Waals surface area contributed by atoms with Gasteiger partial charge >= 0.3 is 0 Å². The number of likely N-dealkylation sites (N-methyl/N-ethyl adjacent to an activating group) is 1. The van der Waals surface area contributed by atoms with Crippen LogP contribution in [0.1, 0.15) is 24.5 Å². The van der Waals surface area contributed by atoms with Crippen LogP contribution in [0.3, 0.4) is 0 Å². The number of aliphatic hydroxyl groups is 1. The number of benzene rings is 1. The predicted octanol–water partition coefficient (Wildman–Crippen LogP) is 1.42. The Morgan fingerprint density at radius 1 is 1.38 bits per heavy atom. The van der Waals surface area contributed by atoms with Crippen LogP contribution in [0.15, 0.2) is 18.2 Å². The van der Waals surface area contributed by atoms with Gasteiger partial charge in [-0.05, 0) is 33.0 Å². The number of para-hydroxylation sites is 1. The first kappa shape index (κ1) is 16.1. The summed E-state index contributed by atoms with van der Waals surface area (Å²) in [7, 11) is 5.58. The molecule has 1 saturated heterocycles. The molecule has 1 unspecified atom stereocenters. The summed E-state index contributed by atoms with van der Waals surface area (Å²) in [5, 5.41) is 13.3. The van der Waals surface area contributed by atoms with Crippen LogP contribution in [-0.4, -0.2) is 56.9 Å². The van der Waals surface area contributed by atoms with Crippen LogP contribution in [0.5, 0.6) is 11.5 Å². The number of nitrogens with zero attached hydrogens (tertiary/aromatic N) is 1. The van der Waals surface area contributed by atoms with E-state index in [2.05, 4.69) is 17.3 Å². The number of likely N-dealkylation sites (tertiary alicyclic amines) is 1. The van der Waals surface area contributed by atoms with Gasteiger partial charge in [0.2, 0.25) is 0 Å². The molecule has 1 heterocycles. The molecular weight excluding hydrogens is 268 g/mol. The first-order chi connectivity index (χ1) is 10.2. The molecule has 0 amide bonds. The predicted molar refractivity (Wildman–Crippen MR) is 83.0 cm³/mol. The molecule has 0 radical (unpaired) electrons. The Morgan fingerprint density at radius 3 is 2.71 bits per heavy atom. The number of aliphatic hydroxyl groups excluding tert-OH is 1. The summed E-state index contributed by atoms with van der Waals surface area (Å²) in [4.78, 5) is 2.30. The minimum atomic E-state index is -0.605. The summed E-state index contributed by atoms with van der Waals surface area (Å²) in [5.41, 5.74) is 0.780. The highest BCUT2D eigenvalue weighted by molar-refractivity contribution is 5.48. The van der Waals surface area contributed by atoms with Crippen molar-refractivity contribution in [3.63, 3.8) is 0 Å². The monoisotopic (exact) mass is 294 g/mol. The highest BCUT2D eigenvalue weighted by Gasteiger charge is 2.23. The lowest BCUT2D eigenvalue weighted by Gasteiger charge is -2.30. The Morgan fingerprint density at radius 2 is 2.10 bits per heavy atom. The van der Waals surface area contributed by atoms with Crippen molar-refractivity contribution in [2.45, 2.75) is 25.0 Å². The number of hydrogen-bond donors (Lipinski definition) is 2. The van der Waals surface area contributed by atoms with Gasteiger partial charge < -0.3 is 24.8 Å². The average molecular weight is 294 g/mol. The highest BCUT2D eigenvalue weighted by Crippen LogP contribution is 2.36. The van der Waals surface area contributed by atoms with Crippen molar-refractivity contribution in [1.82, 2.24) is 10.2 Å². The molecule has 1 atom stereocenters. The third-order valence-electron chi connectivity index (χ3n) is 3.94. The van der Waals surface area contributed by atoms with E-state index in [0.717, 1.165) is 31.5 Å². The topological polar surface area (TPSA) is 54.0 Å². The van der Waals surface area contributed by atoms with Crippen molar-refractivity contribution in [3.05, 3.63) is 23.8 Å². The van der Waals surface area contributed by atoms with Crippen LogP contribution < -0.4 is 14.8 Å². The smallest absolute Gasteiger partial charge is 0.167 e. The van der Waals surface area contributed by atoms with Gasteiger partial charge in [0.25, 0.3) is 0 Å². The Bertz CT molecular complexity index is 445. The second-order valence-corrected chi connectivity index (χ2v) is 5.57. The van der Waals surface area contributed by atoms with Crippen molar-refractivity contribution in [1.29, 1.82) is 0 Å². The van der Waals surface area contributed by atoms with Gasteiger partial charge in [0.15, 0.2) is 11.5 Å². The molecule has 0 aliphatic carbocycles. The molecule has 0 aromatic heterocycles. The molecule has 21 heavy (non-hydrogen) atoms. The van der Waals surface area contributed by atoms with Gasteiger partial charge in [-0.2, -0.15) is 0 Å². The third-order valence-corrected chi connectivity index (χ3v) is 3.94. The van der Waals surface area contributed by atoms with Crippen LogP contribution in [0.25, 0.3) is 0 Å². The first-order valence-electron chi connectivity index (χ1n) is 7.50. The molecule has 0 bridgehead atoms. The zero-order valence-electron chi connectivity index (χ0n) is 13.1. The summed E-state index contributed by atoms with van der Waals surface area (Å²) in [6.07, 6.45) is 1.57. The summed E-state index contributed by atoms with van der Waals surface area (Å²) in [5.74, 6) is 1.36. The fraction of sp³-hybridized carbons (Fsp3) is 0.625. The number of methoxy groups -OCH3 is 1. The second kappa shape index (κ2) is 7.64. The zero-order chi connectivity index (χ0) is 15.2. The molecule has 0 saturated carbocycles. The zero-order valence-corrected chi connectivity index (χ0v) is 13.1. The summed E-state index contributed by atoms with van der Waals surface area (Å²) in [6, 6.07) is 5.66. The number of hydrogen-bond acceptors (Lipinski definition) is 5. The van der Waals surface area contributed by atoms with Crippen LogP contribution in [-0.2, 0) is 0 Å². The van der Waals surface area contributed by atoms with Gasteiger partial charge in [-0.15, -0.1) is 0 Å². The molecule has 1 aromatic carbocycles. The summed E-state index contributed by atoms with van der Waals surface area (Å²) >= 11 is 0. The highest BCUT2D eigenvalue weighted by atomic mass is 16.5. The van der Waals surface area contributed by atoms with E-state index >= 15 is 0 Å². The lowest BCUT2D eigenvalue weighted by Crippen LogP contribution is -2.36. The van der Waals surface area contributed by atoms with Gasteiger partial charge in [0.05, 0.1) is 13.2 Å². The van der Waals surface area contributed by atoms with Gasteiger partial charge in [-0.25, -0.2) is 0 Å².